The summed E-state index contributed by atoms with van der Waals surface area (Å²) in [6.45, 7) is 10.8. The van der Waals surface area contributed by atoms with Crippen LogP contribution in [0.1, 0.15) is 6.92 Å². The second-order valence-corrected chi connectivity index (χ2v) is 1.20. The third kappa shape index (κ3) is 4.77. The van der Waals surface area contributed by atoms with Crippen LogP contribution < -0.4 is 5.73 Å². The minimum absolute atomic E-state index is 0.213. The van der Waals surface area contributed by atoms with Crippen molar-refractivity contribution in [1.29, 1.82) is 0 Å². The SMILES string of the molecule is C=C.C=N/C(=C\C)C(N)=O. The highest BCUT2D eigenvalue weighted by molar-refractivity contribution is 5.92. The lowest BCUT2D eigenvalue weighted by atomic mass is 10.4. The lowest BCUT2D eigenvalue weighted by Gasteiger charge is -1.87. The fraction of sp³-hybridized carbons (Fsp3) is 0.143. The summed E-state index contributed by atoms with van der Waals surface area (Å²) in [5.41, 5.74) is 5.03. The number of rotatable bonds is 2. The normalized spacial score (nSPS) is 9.10. The minimum atomic E-state index is -0.539. The van der Waals surface area contributed by atoms with Crippen molar-refractivity contribution < 1.29 is 4.79 Å². The lowest BCUT2D eigenvalue weighted by Crippen LogP contribution is -2.11. The molecule has 0 aromatic rings. The van der Waals surface area contributed by atoms with Crippen LogP contribution in [0.2, 0.25) is 0 Å². The average Bonchev–Trinajstić information content (AvgIpc) is 1.94. The van der Waals surface area contributed by atoms with E-state index < -0.39 is 5.91 Å². The van der Waals surface area contributed by atoms with Gasteiger partial charge in [-0.1, -0.05) is 6.08 Å². The second-order valence-electron chi connectivity index (χ2n) is 1.20. The summed E-state index contributed by atoms with van der Waals surface area (Å²) >= 11 is 0. The zero-order valence-electron chi connectivity index (χ0n) is 6.13. The predicted octanol–water partition coefficient (Wildman–Crippen LogP) is 0.878. The van der Waals surface area contributed by atoms with Crippen molar-refractivity contribution in [1.82, 2.24) is 0 Å². The maximum atomic E-state index is 10.2. The van der Waals surface area contributed by atoms with Crippen molar-refractivity contribution in [3.8, 4) is 0 Å². The van der Waals surface area contributed by atoms with Crippen LogP contribution in [0.15, 0.2) is 29.9 Å². The van der Waals surface area contributed by atoms with Crippen LogP contribution in [0.3, 0.4) is 0 Å². The Labute approximate surface area is 61.0 Å². The van der Waals surface area contributed by atoms with E-state index in [0.29, 0.717) is 0 Å². The van der Waals surface area contributed by atoms with Gasteiger partial charge in [0.05, 0.1) is 0 Å². The molecule has 0 aromatic carbocycles. The van der Waals surface area contributed by atoms with E-state index in [2.05, 4.69) is 24.9 Å². The third-order valence-corrected chi connectivity index (χ3v) is 0.696. The van der Waals surface area contributed by atoms with Crippen LogP contribution in [-0.2, 0) is 4.79 Å². The zero-order valence-corrected chi connectivity index (χ0v) is 6.13. The summed E-state index contributed by atoms with van der Waals surface area (Å²) in [7, 11) is 0. The van der Waals surface area contributed by atoms with Crippen molar-refractivity contribution in [2.75, 3.05) is 0 Å². The topological polar surface area (TPSA) is 55.4 Å². The summed E-state index contributed by atoms with van der Waals surface area (Å²) in [5, 5.41) is 0. The van der Waals surface area contributed by atoms with Gasteiger partial charge in [0.2, 0.25) is 0 Å². The number of hydrogen-bond acceptors (Lipinski definition) is 2. The number of aliphatic imine (C=N–C) groups is 1. The lowest BCUT2D eigenvalue weighted by molar-refractivity contribution is -0.114. The molecule has 10 heavy (non-hydrogen) atoms. The van der Waals surface area contributed by atoms with Crippen LogP contribution in [0.4, 0.5) is 0 Å². The van der Waals surface area contributed by atoms with Crippen LogP contribution in [-0.4, -0.2) is 12.6 Å². The van der Waals surface area contributed by atoms with E-state index in [1.54, 1.807) is 6.92 Å². The highest BCUT2D eigenvalue weighted by atomic mass is 16.1. The van der Waals surface area contributed by atoms with Crippen LogP contribution in [0.25, 0.3) is 0 Å². The minimum Gasteiger partial charge on any atom is -0.364 e. The van der Waals surface area contributed by atoms with Gasteiger partial charge in [0.1, 0.15) is 5.70 Å². The summed E-state index contributed by atoms with van der Waals surface area (Å²) in [5.74, 6) is -0.539. The molecule has 0 rings (SSSR count). The molecule has 0 heterocycles. The molecule has 0 saturated carbocycles. The van der Waals surface area contributed by atoms with Gasteiger partial charge in [-0.15, -0.1) is 13.2 Å². The molecule has 0 aliphatic carbocycles. The molecule has 0 atom stereocenters. The standard InChI is InChI=1S/C5H8N2O.C2H4/c1-3-4(7-2)5(6)8;1-2/h3H,2H2,1H3,(H2,6,8);1-2H2/b4-3-;. The maximum Gasteiger partial charge on any atom is 0.266 e. The van der Waals surface area contributed by atoms with E-state index in [0.717, 1.165) is 0 Å². The molecular weight excluding hydrogens is 128 g/mol. The Kier molecular flexibility index (Phi) is 8.70. The average molecular weight is 140 g/mol. The molecule has 2 N–H and O–H groups in total. The zero-order chi connectivity index (χ0) is 8.57. The molecule has 3 heteroatoms. The maximum absolute atomic E-state index is 10.2. The fourth-order valence-electron chi connectivity index (χ4n) is 0.311. The molecule has 0 aliphatic heterocycles. The number of hydrogen-bond donors (Lipinski definition) is 1. The first-order valence-electron chi connectivity index (χ1n) is 2.65. The van der Waals surface area contributed by atoms with Crippen LogP contribution in [0, 0.1) is 0 Å². The Morgan fingerprint density at radius 1 is 1.60 bits per heavy atom. The van der Waals surface area contributed by atoms with Crippen LogP contribution in [0.5, 0.6) is 0 Å². The Hall–Kier alpha value is -1.38. The highest BCUT2D eigenvalue weighted by Crippen LogP contribution is 1.90. The number of nitrogens with zero attached hydrogens (tertiary/aromatic N) is 1. The summed E-state index contributed by atoms with van der Waals surface area (Å²) in [6, 6.07) is 0. The van der Waals surface area contributed by atoms with Crippen molar-refractivity contribution in [3.05, 3.63) is 24.9 Å². The van der Waals surface area contributed by atoms with Gasteiger partial charge in [0.15, 0.2) is 0 Å². The van der Waals surface area contributed by atoms with Gasteiger partial charge in [-0.25, -0.2) is 0 Å². The Bertz CT molecular complexity index is 150. The first-order chi connectivity index (χ1) is 4.72. The van der Waals surface area contributed by atoms with E-state index >= 15 is 0 Å². The molecule has 3 nitrogen and oxygen atoms in total. The number of amides is 1. The first kappa shape index (κ1) is 11.4. The van der Waals surface area contributed by atoms with Gasteiger partial charge < -0.3 is 5.73 Å². The van der Waals surface area contributed by atoms with Crippen LogP contribution >= 0.6 is 0 Å². The first-order valence-corrected chi connectivity index (χ1v) is 2.65. The van der Waals surface area contributed by atoms with Crippen molar-refractivity contribution in [2.24, 2.45) is 10.7 Å². The molecular formula is C7H12N2O. The third-order valence-electron chi connectivity index (χ3n) is 0.696. The predicted molar refractivity (Wildman–Crippen MR) is 43.8 cm³/mol. The molecule has 0 bridgehead atoms. The summed E-state index contributed by atoms with van der Waals surface area (Å²) in [4.78, 5) is 13.5. The molecule has 0 aromatic heterocycles. The Balaban J connectivity index is 0. The molecule has 0 fully saturated rings. The fourth-order valence-corrected chi connectivity index (χ4v) is 0.311. The van der Waals surface area contributed by atoms with Gasteiger partial charge in [-0.05, 0) is 13.6 Å². The Morgan fingerprint density at radius 3 is 2.00 bits per heavy atom. The van der Waals surface area contributed by atoms with Gasteiger partial charge >= 0.3 is 0 Å². The molecule has 0 unspecified atom stereocenters. The summed E-state index contributed by atoms with van der Waals surface area (Å²) < 4.78 is 0. The van der Waals surface area contributed by atoms with Gasteiger partial charge in [0.25, 0.3) is 5.91 Å². The van der Waals surface area contributed by atoms with E-state index in [1.165, 1.54) is 6.08 Å². The molecule has 1 amide bonds. The van der Waals surface area contributed by atoms with E-state index in [1.807, 2.05) is 0 Å². The van der Waals surface area contributed by atoms with Gasteiger partial charge in [-0.3, -0.25) is 9.79 Å². The van der Waals surface area contributed by atoms with Gasteiger partial charge in [0, 0.05) is 0 Å². The number of allylic oxidation sites excluding steroid dienone is 1. The largest absolute Gasteiger partial charge is 0.364 e. The smallest absolute Gasteiger partial charge is 0.266 e. The van der Waals surface area contributed by atoms with Crippen molar-refractivity contribution in [2.45, 2.75) is 6.92 Å². The molecule has 0 radical (unpaired) electrons. The number of nitrogens with two attached hydrogens (primary N) is 1. The number of carbonyl (C=O) groups is 1. The molecule has 0 spiro atoms. The molecule has 0 aliphatic rings. The van der Waals surface area contributed by atoms with Crippen molar-refractivity contribution >= 4 is 12.6 Å². The molecule has 56 valence electrons. The molecule has 0 saturated heterocycles. The van der Waals surface area contributed by atoms with Gasteiger partial charge in [-0.2, -0.15) is 0 Å². The second kappa shape index (κ2) is 7.62. The number of primary amides is 1. The van der Waals surface area contributed by atoms with E-state index in [9.17, 15) is 4.79 Å². The number of carbonyl (C=O) groups excluding carboxylic acids is 1. The van der Waals surface area contributed by atoms with Crippen molar-refractivity contribution in [3.63, 3.8) is 0 Å². The monoisotopic (exact) mass is 140 g/mol. The highest BCUT2D eigenvalue weighted by Gasteiger charge is 1.95. The summed E-state index contributed by atoms with van der Waals surface area (Å²) in [6.07, 6.45) is 1.51. The van der Waals surface area contributed by atoms with E-state index in [4.69, 9.17) is 5.73 Å². The quantitative estimate of drug-likeness (QED) is 0.345. The van der Waals surface area contributed by atoms with E-state index in [-0.39, 0.29) is 5.70 Å². The Morgan fingerprint density at radius 2 is 2.00 bits per heavy atom.